The van der Waals surface area contributed by atoms with Crippen molar-refractivity contribution in [3.8, 4) is 5.75 Å². The van der Waals surface area contributed by atoms with Crippen LogP contribution in [-0.2, 0) is 0 Å². The first-order valence-corrected chi connectivity index (χ1v) is 5.97. The molecule has 74 valence electrons. The van der Waals surface area contributed by atoms with Crippen LogP contribution in [0.2, 0.25) is 0 Å². The highest BCUT2D eigenvalue weighted by Crippen LogP contribution is 2.37. The second kappa shape index (κ2) is 3.55. The maximum atomic E-state index is 5.28. The predicted octanol–water partition coefficient (Wildman–Crippen LogP) is 4.29. The van der Waals surface area contributed by atoms with E-state index in [4.69, 9.17) is 4.74 Å². The van der Waals surface area contributed by atoms with Gasteiger partial charge in [0.15, 0.2) is 0 Å². The van der Waals surface area contributed by atoms with Gasteiger partial charge in [-0.2, -0.15) is 0 Å². The molecule has 1 aromatic heterocycles. The Hall–Kier alpha value is -0.540. The second-order valence-electron chi connectivity index (χ2n) is 3.27. The zero-order valence-corrected chi connectivity index (χ0v) is 10.8. The van der Waals surface area contributed by atoms with Crippen molar-refractivity contribution in [1.29, 1.82) is 0 Å². The zero-order chi connectivity index (χ0) is 10.3. The van der Waals surface area contributed by atoms with Gasteiger partial charge < -0.3 is 4.74 Å². The van der Waals surface area contributed by atoms with Crippen molar-refractivity contribution >= 4 is 37.4 Å². The molecule has 0 atom stereocenters. The Labute approximate surface area is 95.8 Å². The van der Waals surface area contributed by atoms with Crippen molar-refractivity contribution in [2.45, 2.75) is 13.8 Å². The van der Waals surface area contributed by atoms with E-state index >= 15 is 0 Å². The topological polar surface area (TPSA) is 9.23 Å². The summed E-state index contributed by atoms with van der Waals surface area (Å²) in [6.45, 7) is 4.31. The first-order chi connectivity index (χ1) is 6.63. The Morgan fingerprint density at radius 3 is 2.64 bits per heavy atom. The minimum atomic E-state index is 0.901. The van der Waals surface area contributed by atoms with Crippen LogP contribution in [-0.4, -0.2) is 7.11 Å². The van der Waals surface area contributed by atoms with Crippen molar-refractivity contribution in [2.24, 2.45) is 0 Å². The average Bonchev–Trinajstić information content (AvgIpc) is 2.41. The van der Waals surface area contributed by atoms with Crippen molar-refractivity contribution in [2.75, 3.05) is 7.11 Å². The standard InChI is InChI=1S/C11H11BrOS/c1-6-7(2)14-11-5-9(12)10(13-3)4-8(6)11/h4-5H,1-3H3. The Balaban J connectivity index is 2.80. The maximum Gasteiger partial charge on any atom is 0.133 e. The molecule has 0 aliphatic heterocycles. The number of thiophene rings is 1. The smallest absolute Gasteiger partial charge is 0.133 e. The molecular weight excluding hydrogens is 260 g/mol. The number of halogens is 1. The predicted molar refractivity (Wildman–Crippen MR) is 65.6 cm³/mol. The molecule has 2 aromatic rings. The molecule has 0 fully saturated rings. The van der Waals surface area contributed by atoms with Crippen LogP contribution in [0.25, 0.3) is 10.1 Å². The molecule has 1 aromatic carbocycles. The van der Waals surface area contributed by atoms with Crippen LogP contribution in [0.3, 0.4) is 0 Å². The third kappa shape index (κ3) is 1.44. The summed E-state index contributed by atoms with van der Waals surface area (Å²) in [6.07, 6.45) is 0. The summed E-state index contributed by atoms with van der Waals surface area (Å²) in [6, 6.07) is 4.22. The van der Waals surface area contributed by atoms with E-state index < -0.39 is 0 Å². The van der Waals surface area contributed by atoms with Gasteiger partial charge in [0, 0.05) is 9.58 Å². The van der Waals surface area contributed by atoms with Crippen LogP contribution < -0.4 is 4.74 Å². The highest BCUT2D eigenvalue weighted by Gasteiger charge is 2.08. The Kier molecular flexibility index (Phi) is 2.54. The molecule has 0 saturated heterocycles. The Bertz CT molecular complexity index is 487. The molecule has 0 spiro atoms. The molecule has 1 nitrogen and oxygen atoms in total. The largest absolute Gasteiger partial charge is 0.496 e. The van der Waals surface area contributed by atoms with E-state index in [0.717, 1.165) is 10.2 Å². The molecule has 0 unspecified atom stereocenters. The minimum absolute atomic E-state index is 0.901. The van der Waals surface area contributed by atoms with Crippen LogP contribution >= 0.6 is 27.3 Å². The van der Waals surface area contributed by atoms with E-state index in [-0.39, 0.29) is 0 Å². The lowest BCUT2D eigenvalue weighted by Gasteiger charge is -2.03. The Morgan fingerprint density at radius 2 is 2.00 bits per heavy atom. The molecule has 1 heterocycles. The lowest BCUT2D eigenvalue weighted by atomic mass is 10.1. The summed E-state index contributed by atoms with van der Waals surface area (Å²) in [7, 11) is 1.69. The number of hydrogen-bond acceptors (Lipinski definition) is 2. The summed E-state index contributed by atoms with van der Waals surface area (Å²) in [5, 5.41) is 1.30. The van der Waals surface area contributed by atoms with Gasteiger partial charge in [0.25, 0.3) is 0 Å². The maximum absolute atomic E-state index is 5.28. The number of aryl methyl sites for hydroxylation is 2. The number of benzene rings is 1. The minimum Gasteiger partial charge on any atom is -0.496 e. The fourth-order valence-corrected chi connectivity index (χ4v) is 3.25. The third-order valence-electron chi connectivity index (χ3n) is 2.45. The molecule has 0 saturated carbocycles. The fraction of sp³-hybridized carbons (Fsp3) is 0.273. The number of hydrogen-bond donors (Lipinski definition) is 0. The number of rotatable bonds is 1. The van der Waals surface area contributed by atoms with Gasteiger partial charge in [-0.3, -0.25) is 0 Å². The van der Waals surface area contributed by atoms with Gasteiger partial charge in [0.05, 0.1) is 11.6 Å². The van der Waals surface area contributed by atoms with Gasteiger partial charge in [-0.15, -0.1) is 11.3 Å². The fourth-order valence-electron chi connectivity index (χ4n) is 1.50. The molecule has 2 rings (SSSR count). The summed E-state index contributed by atoms with van der Waals surface area (Å²) >= 11 is 5.32. The highest BCUT2D eigenvalue weighted by molar-refractivity contribution is 9.10. The van der Waals surface area contributed by atoms with Crippen LogP contribution in [0.5, 0.6) is 5.75 Å². The van der Waals surface area contributed by atoms with Crippen LogP contribution in [0.1, 0.15) is 10.4 Å². The molecule has 0 amide bonds. The lowest BCUT2D eigenvalue weighted by Crippen LogP contribution is -1.83. The summed E-state index contributed by atoms with van der Waals surface area (Å²) in [5.41, 5.74) is 1.36. The van der Waals surface area contributed by atoms with Crippen molar-refractivity contribution in [3.05, 3.63) is 27.0 Å². The van der Waals surface area contributed by atoms with Gasteiger partial charge in [-0.05, 0) is 52.9 Å². The van der Waals surface area contributed by atoms with Crippen molar-refractivity contribution in [3.63, 3.8) is 0 Å². The lowest BCUT2D eigenvalue weighted by molar-refractivity contribution is 0.413. The normalized spacial score (nSPS) is 10.9. The van der Waals surface area contributed by atoms with E-state index in [1.165, 1.54) is 20.5 Å². The number of methoxy groups -OCH3 is 1. The van der Waals surface area contributed by atoms with E-state index in [1.807, 2.05) is 11.3 Å². The summed E-state index contributed by atoms with van der Waals surface area (Å²) in [4.78, 5) is 1.38. The summed E-state index contributed by atoms with van der Waals surface area (Å²) in [5.74, 6) is 0.901. The van der Waals surface area contributed by atoms with E-state index in [1.54, 1.807) is 7.11 Å². The Morgan fingerprint density at radius 1 is 1.29 bits per heavy atom. The molecule has 0 radical (unpaired) electrons. The second-order valence-corrected chi connectivity index (χ2v) is 5.38. The van der Waals surface area contributed by atoms with E-state index in [9.17, 15) is 0 Å². The first kappa shape index (κ1) is 9.99. The summed E-state index contributed by atoms with van der Waals surface area (Å²) < 4.78 is 7.61. The average molecular weight is 271 g/mol. The zero-order valence-electron chi connectivity index (χ0n) is 8.35. The third-order valence-corrected chi connectivity index (χ3v) is 4.24. The molecule has 3 heteroatoms. The highest BCUT2D eigenvalue weighted by atomic mass is 79.9. The first-order valence-electron chi connectivity index (χ1n) is 4.36. The van der Waals surface area contributed by atoms with E-state index in [2.05, 4.69) is 41.9 Å². The molecule has 0 aliphatic rings. The van der Waals surface area contributed by atoms with Crippen LogP contribution in [0, 0.1) is 13.8 Å². The molecule has 14 heavy (non-hydrogen) atoms. The molecule has 0 aliphatic carbocycles. The van der Waals surface area contributed by atoms with Crippen molar-refractivity contribution in [1.82, 2.24) is 0 Å². The SMILES string of the molecule is COc1cc2c(C)c(C)sc2cc1Br. The monoisotopic (exact) mass is 270 g/mol. The number of ether oxygens (including phenoxy) is 1. The van der Waals surface area contributed by atoms with Gasteiger partial charge in [-0.1, -0.05) is 0 Å². The molecular formula is C11H11BrOS. The molecule has 0 N–H and O–H groups in total. The number of fused-ring (bicyclic) bond motifs is 1. The van der Waals surface area contributed by atoms with Gasteiger partial charge >= 0.3 is 0 Å². The van der Waals surface area contributed by atoms with Crippen molar-refractivity contribution < 1.29 is 4.74 Å². The van der Waals surface area contributed by atoms with Gasteiger partial charge in [0.1, 0.15) is 5.75 Å². The molecule has 0 bridgehead atoms. The van der Waals surface area contributed by atoms with Crippen LogP contribution in [0.4, 0.5) is 0 Å². The van der Waals surface area contributed by atoms with Gasteiger partial charge in [0.2, 0.25) is 0 Å². The van der Waals surface area contributed by atoms with Gasteiger partial charge in [-0.25, -0.2) is 0 Å². The van der Waals surface area contributed by atoms with Crippen LogP contribution in [0.15, 0.2) is 16.6 Å². The quantitative estimate of drug-likeness (QED) is 0.751. The van der Waals surface area contributed by atoms with E-state index in [0.29, 0.717) is 0 Å².